The molecule has 2 aromatic carbocycles. The third kappa shape index (κ3) is 4.79. The van der Waals surface area contributed by atoms with Gasteiger partial charge in [0.15, 0.2) is 6.61 Å². The molecule has 3 aromatic rings. The van der Waals surface area contributed by atoms with Crippen molar-refractivity contribution in [1.29, 1.82) is 0 Å². The molecule has 7 nitrogen and oxygen atoms in total. The molecule has 0 N–H and O–H groups in total. The first kappa shape index (κ1) is 19.9. The van der Waals surface area contributed by atoms with Crippen molar-refractivity contribution >= 4 is 5.91 Å². The number of rotatable bonds is 7. The number of nitrogens with zero attached hydrogens (tertiary/aromatic N) is 3. The van der Waals surface area contributed by atoms with Crippen LogP contribution in [0.4, 0.5) is 0 Å². The molecule has 0 aliphatic carbocycles. The second kappa shape index (κ2) is 9.43. The number of carbonyl (C=O) groups excluding carboxylic acids is 1. The summed E-state index contributed by atoms with van der Waals surface area (Å²) in [7, 11) is 0. The van der Waals surface area contributed by atoms with Crippen LogP contribution in [0.1, 0.15) is 26.2 Å². The number of carbonyl (C=O) groups is 1. The zero-order chi connectivity index (χ0) is 20.8. The topological polar surface area (TPSA) is 77.7 Å². The summed E-state index contributed by atoms with van der Waals surface area (Å²) >= 11 is 0. The van der Waals surface area contributed by atoms with E-state index in [1.807, 2.05) is 60.4 Å². The quantitative estimate of drug-likeness (QED) is 0.584. The monoisotopic (exact) mass is 407 g/mol. The van der Waals surface area contributed by atoms with Crippen molar-refractivity contribution in [2.75, 3.05) is 26.3 Å². The van der Waals surface area contributed by atoms with Gasteiger partial charge in [-0.2, -0.15) is 4.98 Å². The van der Waals surface area contributed by atoms with Crippen LogP contribution in [-0.2, 0) is 4.79 Å². The Bertz CT molecular complexity index is 978. The van der Waals surface area contributed by atoms with Gasteiger partial charge in [-0.1, -0.05) is 17.3 Å². The van der Waals surface area contributed by atoms with Gasteiger partial charge >= 0.3 is 0 Å². The third-order valence-electron chi connectivity index (χ3n) is 5.00. The number of hydrogen-bond acceptors (Lipinski definition) is 6. The van der Waals surface area contributed by atoms with E-state index in [9.17, 15) is 4.79 Å². The average Bonchev–Trinajstić information content (AvgIpc) is 3.29. The van der Waals surface area contributed by atoms with Crippen LogP contribution < -0.4 is 9.47 Å². The van der Waals surface area contributed by atoms with Gasteiger partial charge in [0.2, 0.25) is 5.82 Å². The maximum Gasteiger partial charge on any atom is 0.260 e. The molecule has 0 saturated carbocycles. The van der Waals surface area contributed by atoms with Gasteiger partial charge in [-0.15, -0.1) is 0 Å². The molecule has 1 aliphatic rings. The molecule has 0 spiro atoms. The van der Waals surface area contributed by atoms with Gasteiger partial charge < -0.3 is 18.9 Å². The summed E-state index contributed by atoms with van der Waals surface area (Å²) in [5.74, 6) is 2.32. The molecule has 2 heterocycles. The van der Waals surface area contributed by atoms with Crippen molar-refractivity contribution in [2.24, 2.45) is 0 Å². The lowest BCUT2D eigenvalue weighted by Gasteiger charge is -2.26. The summed E-state index contributed by atoms with van der Waals surface area (Å²) in [5.41, 5.74) is 1.58. The molecule has 1 aromatic heterocycles. The summed E-state index contributed by atoms with van der Waals surface area (Å²) in [5, 5.41) is 4.08. The standard InChI is InChI=1S/C23H25N3O4/c1-2-28-19-11-9-17(10-12-19)23-24-22(25-30-23)18-7-6-8-20(15-18)29-16-21(27)26-13-4-3-5-14-26/h6-12,15H,2-5,13-14,16H2,1H3. The molecule has 1 fully saturated rings. The zero-order valence-electron chi connectivity index (χ0n) is 17.0. The first-order chi connectivity index (χ1) is 14.7. The van der Waals surface area contributed by atoms with Gasteiger partial charge in [0.05, 0.1) is 6.61 Å². The highest BCUT2D eigenvalue weighted by molar-refractivity contribution is 5.78. The smallest absolute Gasteiger partial charge is 0.260 e. The van der Waals surface area contributed by atoms with Crippen LogP contribution in [0.2, 0.25) is 0 Å². The largest absolute Gasteiger partial charge is 0.494 e. The SMILES string of the molecule is CCOc1ccc(-c2nc(-c3cccc(OCC(=O)N4CCCCC4)c3)no2)cc1. The van der Waals surface area contributed by atoms with Gasteiger partial charge in [0, 0.05) is 24.2 Å². The molecule has 156 valence electrons. The zero-order valence-corrected chi connectivity index (χ0v) is 17.0. The maximum absolute atomic E-state index is 12.3. The Balaban J connectivity index is 1.41. The highest BCUT2D eigenvalue weighted by atomic mass is 16.5. The van der Waals surface area contributed by atoms with Crippen molar-refractivity contribution < 1.29 is 18.8 Å². The molecule has 1 amide bonds. The van der Waals surface area contributed by atoms with Crippen molar-refractivity contribution in [2.45, 2.75) is 26.2 Å². The van der Waals surface area contributed by atoms with Crippen LogP contribution in [0.3, 0.4) is 0 Å². The number of piperidine rings is 1. The minimum atomic E-state index is 0.0254. The number of amides is 1. The molecular formula is C23H25N3O4. The van der Waals surface area contributed by atoms with Crippen LogP contribution in [-0.4, -0.2) is 47.3 Å². The minimum Gasteiger partial charge on any atom is -0.494 e. The van der Waals surface area contributed by atoms with Gasteiger partial charge in [0.1, 0.15) is 11.5 Å². The molecule has 30 heavy (non-hydrogen) atoms. The first-order valence-electron chi connectivity index (χ1n) is 10.3. The second-order valence-corrected chi connectivity index (χ2v) is 7.14. The summed E-state index contributed by atoms with van der Waals surface area (Å²) in [6.07, 6.45) is 3.32. The minimum absolute atomic E-state index is 0.0254. The maximum atomic E-state index is 12.3. The Kier molecular flexibility index (Phi) is 6.27. The van der Waals surface area contributed by atoms with Gasteiger partial charge in [0.25, 0.3) is 11.8 Å². The first-order valence-corrected chi connectivity index (χ1v) is 10.3. The molecule has 0 atom stereocenters. The van der Waals surface area contributed by atoms with Crippen LogP contribution >= 0.6 is 0 Å². The Morgan fingerprint density at radius 1 is 1.00 bits per heavy atom. The van der Waals surface area contributed by atoms with Gasteiger partial charge in [-0.25, -0.2) is 0 Å². The lowest BCUT2D eigenvalue weighted by atomic mass is 10.1. The molecule has 0 radical (unpaired) electrons. The Labute approximate surface area is 175 Å². The van der Waals surface area contributed by atoms with Crippen LogP contribution in [0, 0.1) is 0 Å². The molecular weight excluding hydrogens is 382 g/mol. The second-order valence-electron chi connectivity index (χ2n) is 7.14. The van der Waals surface area contributed by atoms with Crippen LogP contribution in [0.15, 0.2) is 53.1 Å². The van der Waals surface area contributed by atoms with E-state index in [4.69, 9.17) is 14.0 Å². The summed E-state index contributed by atoms with van der Waals surface area (Å²) in [6, 6.07) is 14.9. The van der Waals surface area contributed by atoms with E-state index < -0.39 is 0 Å². The molecule has 4 rings (SSSR count). The molecule has 0 unspecified atom stereocenters. The molecule has 1 saturated heterocycles. The van der Waals surface area contributed by atoms with E-state index >= 15 is 0 Å². The fourth-order valence-corrected chi connectivity index (χ4v) is 3.42. The predicted molar refractivity (Wildman–Crippen MR) is 112 cm³/mol. The van der Waals surface area contributed by atoms with E-state index in [2.05, 4.69) is 10.1 Å². The molecule has 7 heteroatoms. The average molecular weight is 407 g/mol. The Hall–Kier alpha value is -3.35. The molecule has 1 aliphatic heterocycles. The fourth-order valence-electron chi connectivity index (χ4n) is 3.42. The highest BCUT2D eigenvalue weighted by Crippen LogP contribution is 2.26. The van der Waals surface area contributed by atoms with Crippen molar-refractivity contribution in [3.8, 4) is 34.3 Å². The predicted octanol–water partition coefficient (Wildman–Crippen LogP) is 4.19. The van der Waals surface area contributed by atoms with Crippen LogP contribution in [0.25, 0.3) is 22.8 Å². The van der Waals surface area contributed by atoms with Crippen molar-refractivity contribution in [1.82, 2.24) is 15.0 Å². The van der Waals surface area contributed by atoms with Crippen molar-refractivity contribution in [3.63, 3.8) is 0 Å². The fraction of sp³-hybridized carbons (Fsp3) is 0.348. The highest BCUT2D eigenvalue weighted by Gasteiger charge is 2.17. The van der Waals surface area contributed by atoms with E-state index in [0.717, 1.165) is 42.8 Å². The van der Waals surface area contributed by atoms with E-state index in [1.54, 1.807) is 0 Å². The summed E-state index contributed by atoms with van der Waals surface area (Å²) in [6.45, 7) is 4.23. The number of ether oxygens (including phenoxy) is 2. The summed E-state index contributed by atoms with van der Waals surface area (Å²) in [4.78, 5) is 18.7. The number of hydrogen-bond donors (Lipinski definition) is 0. The molecule has 0 bridgehead atoms. The van der Waals surface area contributed by atoms with Gasteiger partial charge in [-0.05, 0) is 62.6 Å². The normalized spacial score (nSPS) is 13.8. The van der Waals surface area contributed by atoms with E-state index in [-0.39, 0.29) is 12.5 Å². The number of likely N-dealkylation sites (tertiary alicyclic amines) is 1. The third-order valence-corrected chi connectivity index (χ3v) is 5.00. The van der Waals surface area contributed by atoms with Gasteiger partial charge in [-0.3, -0.25) is 4.79 Å². The Morgan fingerprint density at radius 3 is 2.57 bits per heavy atom. The Morgan fingerprint density at radius 2 is 1.80 bits per heavy atom. The lowest BCUT2D eigenvalue weighted by Crippen LogP contribution is -2.38. The number of benzene rings is 2. The van der Waals surface area contributed by atoms with E-state index in [1.165, 1.54) is 6.42 Å². The number of aromatic nitrogens is 2. The van der Waals surface area contributed by atoms with Crippen LogP contribution in [0.5, 0.6) is 11.5 Å². The van der Waals surface area contributed by atoms with Crippen molar-refractivity contribution in [3.05, 3.63) is 48.5 Å². The summed E-state index contributed by atoms with van der Waals surface area (Å²) < 4.78 is 16.6. The van der Waals surface area contributed by atoms with E-state index in [0.29, 0.717) is 24.1 Å². The lowest BCUT2D eigenvalue weighted by molar-refractivity contribution is -0.134.